The first-order valence-electron chi connectivity index (χ1n) is 6.29. The fourth-order valence-corrected chi connectivity index (χ4v) is 2.46. The summed E-state index contributed by atoms with van der Waals surface area (Å²) in [5.41, 5.74) is 5.95. The van der Waals surface area contributed by atoms with Crippen LogP contribution in [0.3, 0.4) is 0 Å². The highest BCUT2D eigenvalue weighted by Gasteiger charge is 2.45. The molecule has 8 heteroatoms. The Bertz CT molecular complexity index is 638. The van der Waals surface area contributed by atoms with Gasteiger partial charge in [-0.1, -0.05) is 0 Å². The molecule has 0 unspecified atom stereocenters. The molecule has 1 aromatic carbocycles. The predicted molar refractivity (Wildman–Crippen MR) is 83.6 cm³/mol. The molecule has 2 aromatic rings. The average Bonchev–Trinajstić information content (AvgIpc) is 3.07. The SMILES string of the molecule is Cl.Cn1cnnc1Sc1ccc(NC(=O)C2(N)CC2)cc1. The molecule has 1 aliphatic carbocycles. The molecule has 0 atom stereocenters. The van der Waals surface area contributed by atoms with E-state index in [4.69, 9.17) is 5.73 Å². The Morgan fingerprint density at radius 2 is 2.05 bits per heavy atom. The molecule has 0 bridgehead atoms. The van der Waals surface area contributed by atoms with Gasteiger partial charge in [0.2, 0.25) is 5.91 Å². The first kappa shape index (κ1) is 15.8. The van der Waals surface area contributed by atoms with Gasteiger partial charge in [-0.15, -0.1) is 22.6 Å². The minimum absolute atomic E-state index is 0. The van der Waals surface area contributed by atoms with Gasteiger partial charge in [0.25, 0.3) is 0 Å². The van der Waals surface area contributed by atoms with E-state index in [2.05, 4.69) is 15.5 Å². The topological polar surface area (TPSA) is 85.8 Å². The molecular weight excluding hydrogens is 310 g/mol. The molecule has 1 fully saturated rings. The molecule has 1 heterocycles. The third-order valence-electron chi connectivity index (χ3n) is 3.23. The van der Waals surface area contributed by atoms with E-state index >= 15 is 0 Å². The summed E-state index contributed by atoms with van der Waals surface area (Å²) >= 11 is 1.52. The Morgan fingerprint density at radius 1 is 1.38 bits per heavy atom. The van der Waals surface area contributed by atoms with Crippen molar-refractivity contribution in [2.24, 2.45) is 12.8 Å². The second-order valence-corrected chi connectivity index (χ2v) is 6.00. The van der Waals surface area contributed by atoms with Crippen molar-refractivity contribution in [1.82, 2.24) is 14.8 Å². The van der Waals surface area contributed by atoms with Gasteiger partial charge in [-0.05, 0) is 48.9 Å². The second-order valence-electron chi connectivity index (χ2n) is 4.96. The van der Waals surface area contributed by atoms with E-state index in [1.807, 2.05) is 35.9 Å². The number of nitrogens with one attached hydrogen (secondary N) is 1. The number of hydrogen-bond donors (Lipinski definition) is 2. The Hall–Kier alpha value is -1.57. The fourth-order valence-electron chi connectivity index (χ4n) is 1.69. The molecule has 1 amide bonds. The summed E-state index contributed by atoms with van der Waals surface area (Å²) in [5, 5.41) is 11.5. The summed E-state index contributed by atoms with van der Waals surface area (Å²) in [5.74, 6) is -0.105. The third kappa shape index (κ3) is 3.55. The van der Waals surface area contributed by atoms with Crippen LogP contribution in [0.4, 0.5) is 5.69 Å². The molecule has 1 aliphatic rings. The summed E-state index contributed by atoms with van der Waals surface area (Å²) in [6.45, 7) is 0. The number of hydrogen-bond acceptors (Lipinski definition) is 5. The van der Waals surface area contributed by atoms with Gasteiger partial charge >= 0.3 is 0 Å². The highest BCUT2D eigenvalue weighted by atomic mass is 35.5. The van der Waals surface area contributed by atoms with Crippen LogP contribution in [0.1, 0.15) is 12.8 Å². The maximum Gasteiger partial charge on any atom is 0.244 e. The quantitative estimate of drug-likeness (QED) is 0.895. The maximum atomic E-state index is 11.8. The van der Waals surface area contributed by atoms with Gasteiger partial charge in [-0.3, -0.25) is 4.79 Å². The van der Waals surface area contributed by atoms with Crippen molar-refractivity contribution >= 4 is 35.8 Å². The van der Waals surface area contributed by atoms with Crippen LogP contribution in [-0.4, -0.2) is 26.2 Å². The Morgan fingerprint density at radius 3 is 2.57 bits per heavy atom. The van der Waals surface area contributed by atoms with E-state index in [-0.39, 0.29) is 18.3 Å². The molecule has 0 saturated heterocycles. The summed E-state index contributed by atoms with van der Waals surface area (Å²) in [6.07, 6.45) is 3.19. The molecule has 21 heavy (non-hydrogen) atoms. The summed E-state index contributed by atoms with van der Waals surface area (Å²) < 4.78 is 1.85. The number of halogens is 1. The molecular formula is C13H16ClN5OS. The van der Waals surface area contributed by atoms with Crippen LogP contribution < -0.4 is 11.1 Å². The fraction of sp³-hybridized carbons (Fsp3) is 0.308. The smallest absolute Gasteiger partial charge is 0.244 e. The van der Waals surface area contributed by atoms with Crippen molar-refractivity contribution in [1.29, 1.82) is 0 Å². The van der Waals surface area contributed by atoms with Crippen molar-refractivity contribution in [3.8, 4) is 0 Å². The number of nitrogens with zero attached hydrogens (tertiary/aromatic N) is 3. The number of aromatic nitrogens is 3. The van der Waals surface area contributed by atoms with Gasteiger partial charge in [-0.25, -0.2) is 0 Å². The van der Waals surface area contributed by atoms with Crippen LogP contribution in [0, 0.1) is 0 Å². The lowest BCUT2D eigenvalue weighted by atomic mass is 10.2. The lowest BCUT2D eigenvalue weighted by molar-refractivity contribution is -0.118. The Balaban J connectivity index is 0.00000161. The van der Waals surface area contributed by atoms with E-state index < -0.39 is 5.54 Å². The van der Waals surface area contributed by atoms with Crippen LogP contribution in [0.25, 0.3) is 0 Å². The Labute approximate surface area is 132 Å². The molecule has 1 saturated carbocycles. The van der Waals surface area contributed by atoms with Crippen molar-refractivity contribution in [3.05, 3.63) is 30.6 Å². The predicted octanol–water partition coefficient (Wildman–Crippen LogP) is 1.82. The van der Waals surface area contributed by atoms with Gasteiger partial charge in [0, 0.05) is 17.6 Å². The molecule has 0 spiro atoms. The number of carbonyl (C=O) groups excluding carboxylic acids is 1. The molecule has 112 valence electrons. The van der Waals surface area contributed by atoms with Gasteiger partial charge in [0.15, 0.2) is 5.16 Å². The lowest BCUT2D eigenvalue weighted by Crippen LogP contribution is -2.37. The first-order chi connectivity index (χ1) is 9.57. The molecule has 3 rings (SSSR count). The van der Waals surface area contributed by atoms with Gasteiger partial charge < -0.3 is 15.6 Å². The highest BCUT2D eigenvalue weighted by molar-refractivity contribution is 7.99. The van der Waals surface area contributed by atoms with Crippen LogP contribution in [0.15, 0.2) is 40.6 Å². The zero-order valence-corrected chi connectivity index (χ0v) is 13.1. The van der Waals surface area contributed by atoms with Crippen LogP contribution in [0.2, 0.25) is 0 Å². The van der Waals surface area contributed by atoms with E-state index in [0.29, 0.717) is 0 Å². The largest absolute Gasteiger partial charge is 0.324 e. The van der Waals surface area contributed by atoms with E-state index in [0.717, 1.165) is 28.6 Å². The van der Waals surface area contributed by atoms with Gasteiger partial charge in [-0.2, -0.15) is 0 Å². The van der Waals surface area contributed by atoms with E-state index in [1.165, 1.54) is 11.8 Å². The average molecular weight is 326 g/mol. The van der Waals surface area contributed by atoms with Crippen LogP contribution in [-0.2, 0) is 11.8 Å². The standard InChI is InChI=1S/C13H15N5OS.ClH/c1-18-8-15-17-12(18)20-10-4-2-9(3-5-10)16-11(19)13(14)6-7-13;/h2-5,8H,6-7,14H2,1H3,(H,16,19);1H. The van der Waals surface area contributed by atoms with Gasteiger partial charge in [0.1, 0.15) is 6.33 Å². The van der Waals surface area contributed by atoms with Crippen LogP contribution in [0.5, 0.6) is 0 Å². The number of rotatable bonds is 4. The molecule has 3 N–H and O–H groups in total. The van der Waals surface area contributed by atoms with Crippen LogP contribution >= 0.6 is 24.2 Å². The summed E-state index contributed by atoms with van der Waals surface area (Å²) in [6, 6.07) is 7.60. The van der Waals surface area contributed by atoms with Crippen molar-refractivity contribution in [3.63, 3.8) is 0 Å². The minimum Gasteiger partial charge on any atom is -0.324 e. The lowest BCUT2D eigenvalue weighted by Gasteiger charge is -2.10. The molecule has 6 nitrogen and oxygen atoms in total. The highest BCUT2D eigenvalue weighted by Crippen LogP contribution is 2.33. The summed E-state index contributed by atoms with van der Waals surface area (Å²) in [4.78, 5) is 12.9. The van der Waals surface area contributed by atoms with E-state index in [1.54, 1.807) is 6.33 Å². The molecule has 0 radical (unpaired) electrons. The number of nitrogens with two attached hydrogens (primary N) is 1. The second kappa shape index (κ2) is 6.05. The molecule has 0 aliphatic heterocycles. The summed E-state index contributed by atoms with van der Waals surface area (Å²) in [7, 11) is 1.90. The zero-order valence-electron chi connectivity index (χ0n) is 11.4. The van der Waals surface area contributed by atoms with Crippen molar-refractivity contribution in [2.45, 2.75) is 28.4 Å². The number of carbonyl (C=O) groups is 1. The molecule has 1 aromatic heterocycles. The number of aryl methyl sites for hydroxylation is 1. The number of amides is 1. The monoisotopic (exact) mass is 325 g/mol. The minimum atomic E-state index is -0.647. The third-order valence-corrected chi connectivity index (χ3v) is 4.29. The number of anilines is 1. The Kier molecular flexibility index (Phi) is 4.55. The number of benzene rings is 1. The first-order valence-corrected chi connectivity index (χ1v) is 7.11. The maximum absolute atomic E-state index is 11.8. The normalized spacial score (nSPS) is 15.1. The van der Waals surface area contributed by atoms with Crippen molar-refractivity contribution < 1.29 is 4.79 Å². The zero-order chi connectivity index (χ0) is 14.2. The van der Waals surface area contributed by atoms with E-state index in [9.17, 15) is 4.79 Å². The van der Waals surface area contributed by atoms with Gasteiger partial charge in [0.05, 0.1) is 5.54 Å². The van der Waals surface area contributed by atoms with Crippen molar-refractivity contribution in [2.75, 3.05) is 5.32 Å².